The lowest BCUT2D eigenvalue weighted by molar-refractivity contribution is 0.0794. The highest BCUT2D eigenvalue weighted by molar-refractivity contribution is 14.0. The van der Waals surface area contributed by atoms with Gasteiger partial charge in [-0.2, -0.15) is 11.8 Å². The Morgan fingerprint density at radius 3 is 2.56 bits per heavy atom. The molecule has 0 unspecified atom stereocenters. The van der Waals surface area contributed by atoms with Crippen molar-refractivity contribution in [3.8, 4) is 0 Å². The third kappa shape index (κ3) is 6.47. The summed E-state index contributed by atoms with van der Waals surface area (Å²) in [7, 11) is 0. The minimum absolute atomic E-state index is 0. The molecule has 6 heteroatoms. The molecule has 1 fully saturated rings. The van der Waals surface area contributed by atoms with Crippen LogP contribution < -0.4 is 11.1 Å². The molecule has 4 nitrogen and oxygen atoms in total. The fourth-order valence-corrected chi connectivity index (χ4v) is 2.53. The number of nitrogens with zero attached hydrogens (tertiary/aromatic N) is 1. The summed E-state index contributed by atoms with van der Waals surface area (Å²) in [5.41, 5.74) is 5.85. The largest absolute Gasteiger partial charge is 0.381 e. The van der Waals surface area contributed by atoms with E-state index in [2.05, 4.69) is 30.4 Å². The van der Waals surface area contributed by atoms with Crippen molar-refractivity contribution in [1.29, 1.82) is 0 Å². The Balaban J connectivity index is 0.00000289. The minimum Gasteiger partial charge on any atom is -0.381 e. The number of hydrogen-bond donors (Lipinski definition) is 2. The van der Waals surface area contributed by atoms with E-state index in [4.69, 9.17) is 10.5 Å². The molecule has 108 valence electrons. The third-order valence-electron chi connectivity index (χ3n) is 3.07. The molecule has 0 aliphatic carbocycles. The minimum atomic E-state index is 0. The van der Waals surface area contributed by atoms with E-state index >= 15 is 0 Å². The molecule has 1 rings (SSSR count). The summed E-state index contributed by atoms with van der Waals surface area (Å²) in [5.74, 6) is 1.15. The Labute approximate surface area is 132 Å². The van der Waals surface area contributed by atoms with Gasteiger partial charge in [0.25, 0.3) is 0 Å². The van der Waals surface area contributed by atoms with Crippen molar-refractivity contribution in [2.45, 2.75) is 31.4 Å². The van der Waals surface area contributed by atoms with Crippen molar-refractivity contribution in [2.24, 2.45) is 16.6 Å². The van der Waals surface area contributed by atoms with Crippen LogP contribution >= 0.6 is 35.7 Å². The number of nitrogens with two attached hydrogens (primary N) is 1. The second kappa shape index (κ2) is 9.25. The van der Waals surface area contributed by atoms with Crippen LogP contribution in [0.4, 0.5) is 0 Å². The van der Waals surface area contributed by atoms with E-state index in [0.717, 1.165) is 39.1 Å². The standard InChI is InChI=1S/C12H25N3OS.HI/c1-10(2)8-14-11(13)15-9-12(17-3)4-6-16-7-5-12;/h10H,4-9H2,1-3H3,(H3,13,14,15);1H. The Hall–Kier alpha value is 0.310. The SMILES string of the molecule is CSC1(CN=C(N)NCC(C)C)CCOCC1.I. The van der Waals surface area contributed by atoms with Crippen molar-refractivity contribution < 1.29 is 4.74 Å². The van der Waals surface area contributed by atoms with Gasteiger partial charge in [-0.1, -0.05) is 13.8 Å². The van der Waals surface area contributed by atoms with Gasteiger partial charge in [-0.15, -0.1) is 24.0 Å². The molecule has 1 aliphatic heterocycles. The first-order chi connectivity index (χ1) is 8.08. The van der Waals surface area contributed by atoms with Crippen LogP contribution in [0.5, 0.6) is 0 Å². The van der Waals surface area contributed by atoms with E-state index in [1.54, 1.807) is 0 Å². The molecule has 0 bridgehead atoms. The van der Waals surface area contributed by atoms with Crippen molar-refractivity contribution in [2.75, 3.05) is 32.6 Å². The molecule has 3 N–H and O–H groups in total. The van der Waals surface area contributed by atoms with E-state index in [1.807, 2.05) is 11.8 Å². The number of thioether (sulfide) groups is 1. The average Bonchev–Trinajstić information content (AvgIpc) is 2.35. The summed E-state index contributed by atoms with van der Waals surface area (Å²) in [6.07, 6.45) is 4.28. The van der Waals surface area contributed by atoms with Gasteiger partial charge >= 0.3 is 0 Å². The number of rotatable bonds is 5. The van der Waals surface area contributed by atoms with E-state index in [9.17, 15) is 0 Å². The van der Waals surface area contributed by atoms with Crippen molar-refractivity contribution in [3.63, 3.8) is 0 Å². The van der Waals surface area contributed by atoms with Gasteiger partial charge in [0.1, 0.15) is 0 Å². The number of aliphatic imine (C=N–C) groups is 1. The van der Waals surface area contributed by atoms with Gasteiger partial charge in [-0.3, -0.25) is 4.99 Å². The first kappa shape index (κ1) is 18.3. The molecule has 0 radical (unpaired) electrons. The van der Waals surface area contributed by atoms with Gasteiger partial charge in [0, 0.05) is 24.5 Å². The Morgan fingerprint density at radius 2 is 2.06 bits per heavy atom. The van der Waals surface area contributed by atoms with E-state index in [1.165, 1.54) is 0 Å². The maximum Gasteiger partial charge on any atom is 0.188 e. The lowest BCUT2D eigenvalue weighted by Crippen LogP contribution is -2.39. The van der Waals surface area contributed by atoms with Crippen LogP contribution in [0.15, 0.2) is 4.99 Å². The zero-order valence-corrected chi connectivity index (χ0v) is 14.7. The van der Waals surface area contributed by atoms with Crippen LogP contribution in [-0.4, -0.2) is 43.3 Å². The molecule has 0 saturated carbocycles. The molecule has 0 amide bonds. The van der Waals surface area contributed by atoms with Crippen molar-refractivity contribution in [1.82, 2.24) is 5.32 Å². The maximum atomic E-state index is 5.85. The van der Waals surface area contributed by atoms with Gasteiger partial charge in [0.05, 0.1) is 6.54 Å². The fraction of sp³-hybridized carbons (Fsp3) is 0.917. The third-order valence-corrected chi connectivity index (χ3v) is 4.47. The first-order valence-corrected chi connectivity index (χ1v) is 7.47. The monoisotopic (exact) mass is 387 g/mol. The van der Waals surface area contributed by atoms with Crippen molar-refractivity contribution in [3.05, 3.63) is 0 Å². The van der Waals surface area contributed by atoms with Gasteiger partial charge in [-0.05, 0) is 25.0 Å². The molecule has 0 aromatic carbocycles. The topological polar surface area (TPSA) is 59.6 Å². The first-order valence-electron chi connectivity index (χ1n) is 6.25. The molecule has 0 spiro atoms. The second-order valence-electron chi connectivity index (χ2n) is 4.98. The Morgan fingerprint density at radius 1 is 1.44 bits per heavy atom. The zero-order chi connectivity index (χ0) is 12.7. The Kier molecular flexibility index (Phi) is 9.41. The van der Waals surface area contributed by atoms with Gasteiger partial charge in [-0.25, -0.2) is 0 Å². The second-order valence-corrected chi connectivity index (χ2v) is 6.25. The Bertz CT molecular complexity index is 256. The summed E-state index contributed by atoms with van der Waals surface area (Å²) in [4.78, 5) is 4.47. The molecule has 18 heavy (non-hydrogen) atoms. The van der Waals surface area contributed by atoms with Crippen LogP contribution in [0.3, 0.4) is 0 Å². The molecule has 1 saturated heterocycles. The van der Waals surface area contributed by atoms with Crippen LogP contribution in [0.25, 0.3) is 0 Å². The normalized spacial score (nSPS) is 19.4. The molecule has 0 aromatic rings. The summed E-state index contributed by atoms with van der Waals surface area (Å²) < 4.78 is 5.63. The highest BCUT2D eigenvalue weighted by Gasteiger charge is 2.31. The smallest absolute Gasteiger partial charge is 0.188 e. The van der Waals surface area contributed by atoms with Crippen LogP contribution in [-0.2, 0) is 4.74 Å². The molecular weight excluding hydrogens is 361 g/mol. The quantitative estimate of drug-likeness (QED) is 0.431. The van der Waals surface area contributed by atoms with Crippen LogP contribution in [0.1, 0.15) is 26.7 Å². The number of nitrogens with one attached hydrogen (secondary N) is 1. The highest BCUT2D eigenvalue weighted by Crippen LogP contribution is 2.33. The lowest BCUT2D eigenvalue weighted by atomic mass is 9.99. The van der Waals surface area contributed by atoms with Crippen LogP contribution in [0.2, 0.25) is 0 Å². The lowest BCUT2D eigenvalue weighted by Gasteiger charge is -2.34. The highest BCUT2D eigenvalue weighted by atomic mass is 127. The number of ether oxygens (including phenoxy) is 1. The number of halogens is 1. The van der Waals surface area contributed by atoms with Gasteiger partial charge in [0.15, 0.2) is 5.96 Å². The molecule has 0 aromatic heterocycles. The summed E-state index contributed by atoms with van der Waals surface area (Å²) in [6, 6.07) is 0. The predicted molar refractivity (Wildman–Crippen MR) is 91.0 cm³/mol. The van der Waals surface area contributed by atoms with Gasteiger partial charge < -0.3 is 15.8 Å². The molecule has 1 aliphatic rings. The zero-order valence-electron chi connectivity index (χ0n) is 11.6. The van der Waals surface area contributed by atoms with E-state index in [-0.39, 0.29) is 28.7 Å². The van der Waals surface area contributed by atoms with E-state index in [0.29, 0.717) is 11.9 Å². The van der Waals surface area contributed by atoms with Gasteiger partial charge in [0.2, 0.25) is 0 Å². The molecular formula is C12H26IN3OS. The number of guanidine groups is 1. The predicted octanol–water partition coefficient (Wildman–Crippen LogP) is 2.08. The average molecular weight is 387 g/mol. The summed E-state index contributed by atoms with van der Waals surface area (Å²) in [6.45, 7) is 7.66. The molecule has 0 atom stereocenters. The van der Waals surface area contributed by atoms with Crippen molar-refractivity contribution >= 4 is 41.7 Å². The fourth-order valence-electron chi connectivity index (χ4n) is 1.76. The van der Waals surface area contributed by atoms with Crippen LogP contribution in [0, 0.1) is 5.92 Å². The molecule has 1 heterocycles. The summed E-state index contributed by atoms with van der Waals surface area (Å²) >= 11 is 1.89. The maximum absolute atomic E-state index is 5.85. The number of hydrogen-bond acceptors (Lipinski definition) is 3. The summed E-state index contributed by atoms with van der Waals surface area (Å²) in [5, 5.41) is 3.15. The van der Waals surface area contributed by atoms with E-state index < -0.39 is 0 Å².